The van der Waals surface area contributed by atoms with Crippen LogP contribution < -0.4 is 11.2 Å². The van der Waals surface area contributed by atoms with Crippen LogP contribution in [0.2, 0.25) is 0 Å². The molecule has 24 heavy (non-hydrogen) atoms. The third kappa shape index (κ3) is 3.32. The van der Waals surface area contributed by atoms with Crippen LogP contribution in [-0.4, -0.2) is 42.5 Å². The third-order valence-corrected chi connectivity index (χ3v) is 5.38. The van der Waals surface area contributed by atoms with E-state index in [9.17, 15) is 19.8 Å². The van der Waals surface area contributed by atoms with Crippen LogP contribution in [0.4, 0.5) is 0 Å². The maximum absolute atomic E-state index is 12.2. The molecule has 1 aromatic carbocycles. The van der Waals surface area contributed by atoms with E-state index < -0.39 is 33.6 Å². The molecule has 4 atom stereocenters. The molecule has 0 amide bonds. The van der Waals surface area contributed by atoms with Gasteiger partial charge in [0, 0.05) is 18.2 Å². The molecule has 128 valence electrons. The maximum Gasteiger partial charge on any atom is 0.330 e. The zero-order chi connectivity index (χ0) is 17.3. The molecule has 0 spiro atoms. The lowest BCUT2D eigenvalue weighted by molar-refractivity contribution is -0.0456. The number of rotatable bonds is 4. The summed E-state index contributed by atoms with van der Waals surface area (Å²) >= 11 is 1.98. The van der Waals surface area contributed by atoms with Gasteiger partial charge in [0.15, 0.2) is 6.23 Å². The van der Waals surface area contributed by atoms with Gasteiger partial charge in [0.05, 0.1) is 16.6 Å². The summed E-state index contributed by atoms with van der Waals surface area (Å²) in [6.07, 6.45) is -0.556. The monoisotopic (exact) mass is 444 g/mol. The number of ether oxygens (including phenoxy) is 1. The molecular weight excluding hydrogens is 427 g/mol. The predicted octanol–water partition coefficient (Wildman–Crippen LogP) is 0.182. The van der Waals surface area contributed by atoms with Crippen molar-refractivity contribution in [2.45, 2.75) is 28.8 Å². The van der Waals surface area contributed by atoms with Crippen molar-refractivity contribution in [3.8, 4) is 0 Å². The lowest BCUT2D eigenvalue weighted by Crippen LogP contribution is -2.37. The predicted molar refractivity (Wildman–Crippen MR) is 95.4 cm³/mol. The van der Waals surface area contributed by atoms with Gasteiger partial charge in [0.1, 0.15) is 6.10 Å². The first-order valence-electron chi connectivity index (χ1n) is 7.48. The second kappa shape index (κ2) is 7.18. The molecule has 7 nitrogen and oxygen atoms in total. The van der Waals surface area contributed by atoms with E-state index in [0.717, 1.165) is 5.56 Å². The zero-order valence-corrected chi connectivity index (χ0v) is 14.8. The van der Waals surface area contributed by atoms with Gasteiger partial charge in [-0.15, -0.1) is 0 Å². The quantitative estimate of drug-likeness (QED) is 0.461. The molecule has 1 fully saturated rings. The van der Waals surface area contributed by atoms with Crippen molar-refractivity contribution in [1.82, 2.24) is 9.55 Å². The van der Waals surface area contributed by atoms with E-state index in [2.05, 4.69) is 4.98 Å². The van der Waals surface area contributed by atoms with Gasteiger partial charge in [-0.05, 0) is 5.56 Å². The molecule has 0 aliphatic carbocycles. The molecule has 0 saturated carbocycles. The topological polar surface area (TPSA) is 105 Å². The number of halogens is 1. The minimum Gasteiger partial charge on any atom is -0.394 e. The van der Waals surface area contributed by atoms with Crippen molar-refractivity contribution >= 4 is 22.6 Å². The summed E-state index contributed by atoms with van der Waals surface area (Å²) in [4.78, 5) is 26.5. The van der Waals surface area contributed by atoms with Crippen molar-refractivity contribution in [3.05, 3.63) is 68.5 Å². The second-order valence-corrected chi connectivity index (χ2v) is 7.10. The normalized spacial score (nSPS) is 26.6. The molecule has 3 rings (SSSR count). The van der Waals surface area contributed by atoms with Crippen LogP contribution in [0.1, 0.15) is 17.4 Å². The molecule has 1 aliphatic heterocycles. The molecule has 0 unspecified atom stereocenters. The third-order valence-electron chi connectivity index (χ3n) is 4.03. The highest BCUT2D eigenvalue weighted by atomic mass is 127. The van der Waals surface area contributed by atoms with E-state index in [4.69, 9.17) is 4.74 Å². The Labute approximate surface area is 151 Å². The minimum absolute atomic E-state index is 0.341. The molecule has 2 heterocycles. The Bertz CT molecular complexity index is 819. The molecule has 0 radical (unpaired) electrons. The van der Waals surface area contributed by atoms with Gasteiger partial charge in [-0.2, -0.15) is 0 Å². The van der Waals surface area contributed by atoms with Crippen molar-refractivity contribution in [2.75, 3.05) is 6.61 Å². The highest BCUT2D eigenvalue weighted by Crippen LogP contribution is 2.33. The van der Waals surface area contributed by atoms with Crippen LogP contribution in [0.5, 0.6) is 0 Å². The summed E-state index contributed by atoms with van der Waals surface area (Å²) in [7, 11) is 0. The molecule has 2 aromatic rings. The van der Waals surface area contributed by atoms with Crippen LogP contribution >= 0.6 is 22.6 Å². The molecule has 0 bridgehead atoms. The Morgan fingerprint density at radius 3 is 2.58 bits per heavy atom. The number of nitrogens with one attached hydrogen (secondary N) is 1. The number of aromatic amines is 1. The number of aliphatic hydroxyl groups is 2. The van der Waals surface area contributed by atoms with E-state index in [0.29, 0.717) is 12.0 Å². The van der Waals surface area contributed by atoms with Crippen molar-refractivity contribution in [2.24, 2.45) is 0 Å². The number of hydrogen-bond acceptors (Lipinski definition) is 5. The lowest BCUT2D eigenvalue weighted by Gasteiger charge is -2.17. The van der Waals surface area contributed by atoms with E-state index >= 15 is 0 Å². The summed E-state index contributed by atoms with van der Waals surface area (Å²) in [6.45, 7) is -0.341. The van der Waals surface area contributed by atoms with Crippen LogP contribution in [0, 0.1) is 0 Å². The van der Waals surface area contributed by atoms with E-state index in [1.165, 1.54) is 10.8 Å². The number of H-pyrrole nitrogens is 1. The fraction of sp³-hybridized carbons (Fsp3) is 0.375. The van der Waals surface area contributed by atoms with E-state index in [-0.39, 0.29) is 6.61 Å². The summed E-state index contributed by atoms with van der Waals surface area (Å²) in [5, 5.41) is 19.3. The Kier molecular flexibility index (Phi) is 5.18. The van der Waals surface area contributed by atoms with E-state index in [1.54, 1.807) is 0 Å². The highest BCUT2D eigenvalue weighted by Gasteiger charge is 2.43. The summed E-state index contributed by atoms with van der Waals surface area (Å²) in [5.74, 6) is 0. The number of nitrogens with zero attached hydrogens (tertiary/aromatic N) is 1. The number of benzene rings is 1. The van der Waals surface area contributed by atoms with Crippen molar-refractivity contribution < 1.29 is 14.9 Å². The summed E-state index contributed by atoms with van der Waals surface area (Å²) < 4.78 is 6.43. The summed E-state index contributed by atoms with van der Waals surface area (Å²) in [5.41, 5.74) is 0.325. The first-order chi connectivity index (χ1) is 11.5. The molecule has 1 saturated heterocycles. The van der Waals surface area contributed by atoms with Gasteiger partial charge in [-0.3, -0.25) is 14.3 Å². The average Bonchev–Trinajstić information content (AvgIpc) is 2.86. The Balaban J connectivity index is 1.96. The van der Waals surface area contributed by atoms with E-state index in [1.807, 2.05) is 52.9 Å². The fourth-order valence-corrected chi connectivity index (χ4v) is 3.72. The smallest absolute Gasteiger partial charge is 0.330 e. The van der Waals surface area contributed by atoms with Crippen molar-refractivity contribution in [1.29, 1.82) is 0 Å². The molecule has 1 aromatic heterocycles. The lowest BCUT2D eigenvalue weighted by atomic mass is 10.1. The first-order valence-corrected chi connectivity index (χ1v) is 8.72. The SMILES string of the molecule is O=c1[nH]c(=O)n([C@@H]2O[C@H](CO)[C@@H](O)[C@H]2I)cc1Cc1ccccc1. The van der Waals surface area contributed by atoms with Gasteiger partial charge in [-0.25, -0.2) is 4.79 Å². The second-order valence-electron chi connectivity index (χ2n) is 5.67. The van der Waals surface area contributed by atoms with Crippen LogP contribution in [0.15, 0.2) is 46.1 Å². The van der Waals surface area contributed by atoms with Crippen molar-refractivity contribution in [3.63, 3.8) is 0 Å². The maximum atomic E-state index is 12.2. The van der Waals surface area contributed by atoms with Gasteiger partial charge < -0.3 is 14.9 Å². The fourth-order valence-electron chi connectivity index (χ4n) is 2.74. The molecule has 1 aliphatic rings. The summed E-state index contributed by atoms with van der Waals surface area (Å²) in [6, 6.07) is 9.44. The largest absolute Gasteiger partial charge is 0.394 e. The minimum atomic E-state index is -0.892. The van der Waals surface area contributed by atoms with Crippen LogP contribution in [0.3, 0.4) is 0 Å². The number of alkyl halides is 1. The number of aliphatic hydroxyl groups excluding tert-OH is 2. The first kappa shape index (κ1) is 17.3. The molecular formula is C16H17IN2O5. The number of hydrogen-bond donors (Lipinski definition) is 3. The average molecular weight is 444 g/mol. The van der Waals surface area contributed by atoms with Gasteiger partial charge in [0.25, 0.3) is 5.56 Å². The van der Waals surface area contributed by atoms with Gasteiger partial charge >= 0.3 is 5.69 Å². The Hall–Kier alpha value is -1.49. The van der Waals surface area contributed by atoms with Gasteiger partial charge in [-0.1, -0.05) is 52.9 Å². The van der Waals surface area contributed by atoms with Crippen LogP contribution in [-0.2, 0) is 11.2 Å². The molecule has 8 heteroatoms. The Morgan fingerprint density at radius 1 is 1.25 bits per heavy atom. The van der Waals surface area contributed by atoms with Crippen LogP contribution in [0.25, 0.3) is 0 Å². The number of aromatic nitrogens is 2. The zero-order valence-electron chi connectivity index (χ0n) is 12.6. The standard InChI is InChI=1S/C16H17IN2O5/c17-12-13(21)11(8-20)24-15(12)19-7-10(14(22)18-16(19)23)6-9-4-2-1-3-5-9/h1-5,7,11-13,15,20-21H,6,8H2,(H,18,22,23)/t11-,12-,13-,15-/m1/s1. The Morgan fingerprint density at radius 2 is 1.96 bits per heavy atom. The molecule has 3 N–H and O–H groups in total. The highest BCUT2D eigenvalue weighted by molar-refractivity contribution is 14.1. The van der Waals surface area contributed by atoms with Gasteiger partial charge in [0.2, 0.25) is 0 Å².